The Morgan fingerprint density at radius 2 is 2.25 bits per heavy atom. The SMILES string of the molecule is CC(O)C(N)c1cccnc1N. The van der Waals surface area contributed by atoms with Crippen LogP contribution in [0, 0.1) is 0 Å². The third-order valence-electron chi connectivity index (χ3n) is 1.75. The van der Waals surface area contributed by atoms with Crippen molar-refractivity contribution < 1.29 is 5.11 Å². The lowest BCUT2D eigenvalue weighted by Gasteiger charge is -2.15. The van der Waals surface area contributed by atoms with Crippen LogP contribution in [0.2, 0.25) is 0 Å². The summed E-state index contributed by atoms with van der Waals surface area (Å²) in [5.74, 6) is 0.380. The number of hydrogen-bond acceptors (Lipinski definition) is 4. The van der Waals surface area contributed by atoms with Gasteiger partial charge in [-0.3, -0.25) is 0 Å². The van der Waals surface area contributed by atoms with Crippen LogP contribution in [0.5, 0.6) is 0 Å². The number of aromatic nitrogens is 1. The van der Waals surface area contributed by atoms with E-state index in [2.05, 4.69) is 4.98 Å². The number of rotatable bonds is 2. The van der Waals surface area contributed by atoms with Crippen LogP contribution >= 0.6 is 0 Å². The molecule has 2 unspecified atom stereocenters. The number of nitrogen functional groups attached to an aromatic ring is 1. The van der Waals surface area contributed by atoms with Gasteiger partial charge in [0, 0.05) is 11.8 Å². The molecule has 66 valence electrons. The van der Waals surface area contributed by atoms with Crippen molar-refractivity contribution in [3.8, 4) is 0 Å². The third-order valence-corrected chi connectivity index (χ3v) is 1.75. The molecule has 0 spiro atoms. The van der Waals surface area contributed by atoms with Crippen LogP contribution in [0.4, 0.5) is 5.82 Å². The van der Waals surface area contributed by atoms with E-state index in [-0.39, 0.29) is 0 Å². The van der Waals surface area contributed by atoms with E-state index in [4.69, 9.17) is 11.5 Å². The maximum absolute atomic E-state index is 9.19. The van der Waals surface area contributed by atoms with Gasteiger partial charge >= 0.3 is 0 Å². The summed E-state index contributed by atoms with van der Waals surface area (Å²) in [7, 11) is 0. The van der Waals surface area contributed by atoms with Crippen molar-refractivity contribution in [1.82, 2.24) is 4.98 Å². The largest absolute Gasteiger partial charge is 0.391 e. The van der Waals surface area contributed by atoms with Crippen LogP contribution in [-0.2, 0) is 0 Å². The Labute approximate surface area is 71.2 Å². The Bertz CT molecular complexity index is 262. The highest BCUT2D eigenvalue weighted by atomic mass is 16.3. The molecule has 0 aliphatic carbocycles. The molecule has 0 saturated carbocycles. The van der Waals surface area contributed by atoms with Crippen LogP contribution in [0.1, 0.15) is 18.5 Å². The molecule has 4 heteroatoms. The van der Waals surface area contributed by atoms with Crippen LogP contribution in [0.25, 0.3) is 0 Å². The lowest BCUT2D eigenvalue weighted by molar-refractivity contribution is 0.164. The van der Waals surface area contributed by atoms with E-state index < -0.39 is 12.1 Å². The molecule has 5 N–H and O–H groups in total. The van der Waals surface area contributed by atoms with Gasteiger partial charge in [-0.1, -0.05) is 6.07 Å². The van der Waals surface area contributed by atoms with Crippen LogP contribution in [0.15, 0.2) is 18.3 Å². The molecule has 0 bridgehead atoms. The second-order valence-electron chi connectivity index (χ2n) is 2.74. The molecule has 0 radical (unpaired) electrons. The number of hydrogen-bond donors (Lipinski definition) is 3. The standard InChI is InChI=1S/C8H13N3O/c1-5(12)7(9)6-3-2-4-11-8(6)10/h2-5,7,12H,9H2,1H3,(H2,10,11). The van der Waals surface area contributed by atoms with E-state index in [1.807, 2.05) is 0 Å². The van der Waals surface area contributed by atoms with Crippen molar-refractivity contribution in [2.45, 2.75) is 19.1 Å². The van der Waals surface area contributed by atoms with Gasteiger partial charge in [0.15, 0.2) is 0 Å². The molecule has 1 rings (SSSR count). The van der Waals surface area contributed by atoms with Crippen molar-refractivity contribution in [2.75, 3.05) is 5.73 Å². The molecule has 1 aromatic rings. The molecule has 1 heterocycles. The topological polar surface area (TPSA) is 85.2 Å². The first kappa shape index (κ1) is 8.96. The van der Waals surface area contributed by atoms with Gasteiger partial charge in [-0.25, -0.2) is 4.98 Å². The van der Waals surface area contributed by atoms with E-state index in [0.29, 0.717) is 11.4 Å². The predicted molar refractivity (Wildman–Crippen MR) is 47.3 cm³/mol. The van der Waals surface area contributed by atoms with E-state index in [1.54, 1.807) is 25.3 Å². The molecule has 4 nitrogen and oxygen atoms in total. The molecule has 0 fully saturated rings. The zero-order chi connectivity index (χ0) is 9.14. The Balaban J connectivity index is 2.94. The summed E-state index contributed by atoms with van der Waals surface area (Å²) in [6.07, 6.45) is 0.977. The monoisotopic (exact) mass is 167 g/mol. The average molecular weight is 167 g/mol. The minimum Gasteiger partial charge on any atom is -0.391 e. The summed E-state index contributed by atoms with van der Waals surface area (Å²) in [6, 6.07) is 3.05. The molecular weight excluding hydrogens is 154 g/mol. The smallest absolute Gasteiger partial charge is 0.128 e. The second kappa shape index (κ2) is 3.51. The van der Waals surface area contributed by atoms with Gasteiger partial charge < -0.3 is 16.6 Å². The molecule has 0 amide bonds. The van der Waals surface area contributed by atoms with E-state index >= 15 is 0 Å². The zero-order valence-electron chi connectivity index (χ0n) is 6.94. The minimum atomic E-state index is -0.614. The zero-order valence-corrected chi connectivity index (χ0v) is 6.94. The van der Waals surface area contributed by atoms with Crippen molar-refractivity contribution in [3.05, 3.63) is 23.9 Å². The maximum Gasteiger partial charge on any atom is 0.128 e. The van der Waals surface area contributed by atoms with Crippen LogP contribution in [0.3, 0.4) is 0 Å². The summed E-state index contributed by atoms with van der Waals surface area (Å²) < 4.78 is 0. The highest BCUT2D eigenvalue weighted by Gasteiger charge is 2.14. The number of aliphatic hydroxyl groups excluding tert-OH is 1. The van der Waals surface area contributed by atoms with Crippen molar-refractivity contribution >= 4 is 5.82 Å². The fraction of sp³-hybridized carbons (Fsp3) is 0.375. The molecule has 12 heavy (non-hydrogen) atoms. The first-order chi connectivity index (χ1) is 5.63. The Kier molecular flexibility index (Phi) is 2.62. The predicted octanol–water partition coefficient (Wildman–Crippen LogP) is 0.0444. The third kappa shape index (κ3) is 1.72. The second-order valence-corrected chi connectivity index (χ2v) is 2.74. The summed E-state index contributed by atoms with van der Waals surface area (Å²) in [4.78, 5) is 3.87. The minimum absolute atomic E-state index is 0.380. The van der Waals surface area contributed by atoms with Crippen molar-refractivity contribution in [1.29, 1.82) is 0 Å². The molecule has 0 aromatic carbocycles. The first-order valence-corrected chi connectivity index (χ1v) is 3.77. The van der Waals surface area contributed by atoms with Crippen LogP contribution < -0.4 is 11.5 Å². The van der Waals surface area contributed by atoms with Gasteiger partial charge in [0.05, 0.1) is 12.1 Å². The summed E-state index contributed by atoms with van der Waals surface area (Å²) in [5.41, 5.74) is 11.9. The van der Waals surface area contributed by atoms with E-state index in [1.165, 1.54) is 0 Å². The normalized spacial score (nSPS) is 15.6. The van der Waals surface area contributed by atoms with Gasteiger partial charge in [0.2, 0.25) is 0 Å². The molecule has 2 atom stereocenters. The van der Waals surface area contributed by atoms with Crippen molar-refractivity contribution in [2.24, 2.45) is 5.73 Å². The van der Waals surface area contributed by atoms with Crippen LogP contribution in [-0.4, -0.2) is 16.2 Å². The fourth-order valence-corrected chi connectivity index (χ4v) is 0.972. The molecular formula is C8H13N3O. The molecule has 1 aromatic heterocycles. The molecule has 0 aliphatic rings. The van der Waals surface area contributed by atoms with Gasteiger partial charge in [0.1, 0.15) is 5.82 Å². The number of pyridine rings is 1. The lowest BCUT2D eigenvalue weighted by Crippen LogP contribution is -2.24. The van der Waals surface area contributed by atoms with Gasteiger partial charge in [-0.15, -0.1) is 0 Å². The number of nitrogens with two attached hydrogens (primary N) is 2. The molecule has 0 aliphatic heterocycles. The highest BCUT2D eigenvalue weighted by molar-refractivity contribution is 5.40. The van der Waals surface area contributed by atoms with E-state index in [9.17, 15) is 5.11 Å². The Morgan fingerprint density at radius 3 is 2.75 bits per heavy atom. The highest BCUT2D eigenvalue weighted by Crippen LogP contribution is 2.17. The fourth-order valence-electron chi connectivity index (χ4n) is 0.972. The number of anilines is 1. The molecule has 0 saturated heterocycles. The van der Waals surface area contributed by atoms with Gasteiger partial charge in [-0.05, 0) is 13.0 Å². The van der Waals surface area contributed by atoms with E-state index in [0.717, 1.165) is 0 Å². The summed E-state index contributed by atoms with van der Waals surface area (Å²) in [5, 5.41) is 9.19. The van der Waals surface area contributed by atoms with Gasteiger partial charge in [-0.2, -0.15) is 0 Å². The quantitative estimate of drug-likeness (QED) is 0.580. The number of aliphatic hydroxyl groups is 1. The first-order valence-electron chi connectivity index (χ1n) is 3.77. The van der Waals surface area contributed by atoms with Gasteiger partial charge in [0.25, 0.3) is 0 Å². The summed E-state index contributed by atoms with van der Waals surface area (Å²) >= 11 is 0. The summed E-state index contributed by atoms with van der Waals surface area (Å²) in [6.45, 7) is 1.62. The van der Waals surface area contributed by atoms with Crippen molar-refractivity contribution in [3.63, 3.8) is 0 Å². The number of nitrogens with zero attached hydrogens (tertiary/aromatic N) is 1. The maximum atomic E-state index is 9.19. The Hall–Kier alpha value is -1.13. The lowest BCUT2D eigenvalue weighted by atomic mass is 10.0. The average Bonchev–Trinajstić information content (AvgIpc) is 2.04. The Morgan fingerprint density at radius 1 is 1.58 bits per heavy atom.